The lowest BCUT2D eigenvalue weighted by Gasteiger charge is -2.54. The summed E-state index contributed by atoms with van der Waals surface area (Å²) in [6.45, 7) is 13.7. The molecule has 0 bridgehead atoms. The van der Waals surface area contributed by atoms with Crippen molar-refractivity contribution in [3.63, 3.8) is 0 Å². The lowest BCUT2D eigenvalue weighted by Crippen LogP contribution is -2.49. The van der Waals surface area contributed by atoms with E-state index < -0.39 is 0 Å². The molecule has 1 nitrogen and oxygen atoms in total. The highest BCUT2D eigenvalue weighted by atomic mass is 32.1. The first kappa shape index (κ1) is 21.8. The third-order valence-corrected chi connectivity index (χ3v) is 10.4. The van der Waals surface area contributed by atoms with Gasteiger partial charge in [-0.3, -0.25) is 0 Å². The second-order valence-corrected chi connectivity index (χ2v) is 12.5. The van der Waals surface area contributed by atoms with E-state index in [9.17, 15) is 0 Å². The molecule has 0 aromatic heterocycles. The van der Waals surface area contributed by atoms with Gasteiger partial charge in [-0.1, -0.05) is 72.2 Å². The van der Waals surface area contributed by atoms with Crippen LogP contribution in [0.4, 0.5) is 0 Å². The summed E-state index contributed by atoms with van der Waals surface area (Å²) in [7, 11) is 0. The second kappa shape index (κ2) is 8.29. The molecule has 0 spiro atoms. The summed E-state index contributed by atoms with van der Waals surface area (Å²) >= 11 is 5.89. The summed E-state index contributed by atoms with van der Waals surface area (Å²) in [5.74, 6) is 5.21. The Hall–Kier alpha value is -0.370. The molecule has 164 valence electrons. The molecule has 0 amide bonds. The minimum Gasteiger partial charge on any atom is -0.376 e. The molecule has 1 aliphatic heterocycles. The molecule has 1 saturated heterocycles. The van der Waals surface area contributed by atoms with Gasteiger partial charge in [-0.2, -0.15) is 0 Å². The van der Waals surface area contributed by atoms with Gasteiger partial charge in [-0.15, -0.1) is 0 Å². The Bertz CT molecular complexity index is 651. The van der Waals surface area contributed by atoms with Gasteiger partial charge in [0.15, 0.2) is 0 Å². The van der Waals surface area contributed by atoms with Gasteiger partial charge in [-0.25, -0.2) is 0 Å². The first-order valence-corrected chi connectivity index (χ1v) is 13.2. The normalized spacial score (nSPS) is 43.0. The molecular weight excluding hydrogens is 370 g/mol. The van der Waals surface area contributed by atoms with E-state index in [0.29, 0.717) is 10.8 Å². The van der Waals surface area contributed by atoms with Crippen molar-refractivity contribution in [2.45, 2.75) is 98.8 Å². The van der Waals surface area contributed by atoms with Crippen LogP contribution in [-0.4, -0.2) is 11.5 Å². The first-order chi connectivity index (χ1) is 13.8. The van der Waals surface area contributed by atoms with Gasteiger partial charge in [0.2, 0.25) is 0 Å². The van der Waals surface area contributed by atoms with Crippen LogP contribution >= 0.6 is 12.2 Å². The highest BCUT2D eigenvalue weighted by Crippen LogP contribution is 2.65. The Morgan fingerprint density at radius 1 is 1.07 bits per heavy atom. The summed E-state index contributed by atoms with van der Waals surface area (Å²) in [4.78, 5) is 1.08. The van der Waals surface area contributed by atoms with E-state index in [4.69, 9.17) is 12.2 Å². The van der Waals surface area contributed by atoms with Crippen LogP contribution in [0.2, 0.25) is 0 Å². The van der Waals surface area contributed by atoms with Crippen LogP contribution < -0.4 is 5.32 Å². The number of nitrogens with one attached hydrogen (secondary N) is 1. The SMILES string of the molecule is CC(C)CCC[C@@H](C)[C@H]1CC[C@H]2[C@@H]3CNC(=S)C4=CCCC[C@]4(C)[C@H]3CC[C@]12C. The van der Waals surface area contributed by atoms with E-state index in [-0.39, 0.29) is 0 Å². The quantitative estimate of drug-likeness (QED) is 0.465. The second-order valence-electron chi connectivity index (χ2n) is 12.0. The van der Waals surface area contributed by atoms with Crippen molar-refractivity contribution >= 4 is 17.2 Å². The average molecular weight is 416 g/mol. The third kappa shape index (κ3) is 3.74. The van der Waals surface area contributed by atoms with E-state index in [1.54, 1.807) is 0 Å². The number of rotatable bonds is 5. The van der Waals surface area contributed by atoms with Crippen LogP contribution in [0.5, 0.6) is 0 Å². The number of thiocarbonyl (C=S) groups is 1. The fraction of sp³-hybridized carbons (Fsp3) is 0.889. The minimum atomic E-state index is 0.325. The molecule has 3 aliphatic carbocycles. The van der Waals surface area contributed by atoms with E-state index in [1.807, 2.05) is 0 Å². The molecular formula is C27H45NS. The van der Waals surface area contributed by atoms with Crippen LogP contribution in [0.3, 0.4) is 0 Å². The number of hydrogen-bond acceptors (Lipinski definition) is 1. The Balaban J connectivity index is 1.54. The molecule has 2 heteroatoms. The zero-order valence-electron chi connectivity index (χ0n) is 19.7. The summed E-state index contributed by atoms with van der Waals surface area (Å²) in [6, 6.07) is 0. The molecule has 0 radical (unpaired) electrons. The van der Waals surface area contributed by atoms with Crippen LogP contribution in [0.1, 0.15) is 98.8 Å². The van der Waals surface area contributed by atoms with Crippen molar-refractivity contribution in [2.75, 3.05) is 6.54 Å². The van der Waals surface area contributed by atoms with Crippen molar-refractivity contribution in [2.24, 2.45) is 46.3 Å². The lowest BCUT2D eigenvalue weighted by molar-refractivity contribution is -0.0360. The molecule has 4 aliphatic rings. The fourth-order valence-corrected chi connectivity index (χ4v) is 8.91. The van der Waals surface area contributed by atoms with E-state index >= 15 is 0 Å². The first-order valence-electron chi connectivity index (χ1n) is 12.8. The molecule has 3 fully saturated rings. The molecule has 7 atom stereocenters. The molecule has 0 aromatic carbocycles. The smallest absolute Gasteiger partial charge is 0.102 e. The van der Waals surface area contributed by atoms with Crippen LogP contribution in [0.25, 0.3) is 0 Å². The highest BCUT2D eigenvalue weighted by Gasteiger charge is 2.58. The van der Waals surface area contributed by atoms with Gasteiger partial charge in [0.1, 0.15) is 4.99 Å². The van der Waals surface area contributed by atoms with Gasteiger partial charge < -0.3 is 5.32 Å². The molecule has 4 rings (SSSR count). The van der Waals surface area contributed by atoms with E-state index in [0.717, 1.165) is 47.0 Å². The Labute approximate surface area is 185 Å². The van der Waals surface area contributed by atoms with Gasteiger partial charge in [0, 0.05) is 6.54 Å². The largest absolute Gasteiger partial charge is 0.376 e. The van der Waals surface area contributed by atoms with E-state index in [2.05, 4.69) is 46.0 Å². The summed E-state index contributed by atoms with van der Waals surface area (Å²) < 4.78 is 0. The van der Waals surface area contributed by atoms with Crippen LogP contribution in [0.15, 0.2) is 11.6 Å². The van der Waals surface area contributed by atoms with Gasteiger partial charge in [-0.05, 0) is 96.9 Å². The predicted octanol–water partition coefficient (Wildman–Crippen LogP) is 7.55. The maximum atomic E-state index is 5.89. The molecule has 29 heavy (non-hydrogen) atoms. The van der Waals surface area contributed by atoms with Crippen molar-refractivity contribution in [3.8, 4) is 0 Å². The number of fused-ring (bicyclic) bond motifs is 5. The zero-order valence-corrected chi connectivity index (χ0v) is 20.5. The third-order valence-electron chi connectivity index (χ3n) is 10.1. The molecule has 1 N–H and O–H groups in total. The topological polar surface area (TPSA) is 12.0 Å². The highest BCUT2D eigenvalue weighted by molar-refractivity contribution is 7.80. The maximum absolute atomic E-state index is 5.89. The van der Waals surface area contributed by atoms with Crippen molar-refractivity contribution in [1.29, 1.82) is 0 Å². The van der Waals surface area contributed by atoms with Crippen LogP contribution in [-0.2, 0) is 0 Å². The van der Waals surface area contributed by atoms with Crippen molar-refractivity contribution in [3.05, 3.63) is 11.6 Å². The summed E-state index contributed by atoms with van der Waals surface area (Å²) in [5, 5.41) is 3.75. The molecule has 1 heterocycles. The average Bonchev–Trinajstić information content (AvgIpc) is 2.97. The van der Waals surface area contributed by atoms with Gasteiger partial charge in [0.25, 0.3) is 0 Å². The lowest BCUT2D eigenvalue weighted by atomic mass is 9.50. The van der Waals surface area contributed by atoms with Crippen molar-refractivity contribution in [1.82, 2.24) is 5.32 Å². The fourth-order valence-electron chi connectivity index (χ4n) is 8.51. The molecule has 0 aromatic rings. The van der Waals surface area contributed by atoms with Crippen molar-refractivity contribution < 1.29 is 0 Å². The summed E-state index contributed by atoms with van der Waals surface area (Å²) in [5.41, 5.74) is 2.39. The number of allylic oxidation sites excluding steroid dienone is 1. The molecule has 0 unspecified atom stereocenters. The zero-order chi connectivity index (χ0) is 20.8. The monoisotopic (exact) mass is 415 g/mol. The standard InChI is InChI=1S/C27H45NS/c1-18(2)9-8-10-19(3)21-12-13-22-20-17-28-25(29)24-11-6-7-15-26(24,4)23(20)14-16-27(21,22)5/h11,18-23H,6-10,12-17H2,1-5H3,(H,28,29)/t19-,20+,21-,22+,23+,26-,27-/m1/s1. The Kier molecular flexibility index (Phi) is 6.24. The minimum absolute atomic E-state index is 0.325. The van der Waals surface area contributed by atoms with Gasteiger partial charge in [0.05, 0.1) is 0 Å². The Morgan fingerprint density at radius 3 is 2.62 bits per heavy atom. The summed E-state index contributed by atoms with van der Waals surface area (Å²) in [6.07, 6.45) is 16.5. The maximum Gasteiger partial charge on any atom is 0.102 e. The predicted molar refractivity (Wildman–Crippen MR) is 129 cm³/mol. The number of hydrogen-bond donors (Lipinski definition) is 1. The Morgan fingerprint density at radius 2 is 1.86 bits per heavy atom. The van der Waals surface area contributed by atoms with Gasteiger partial charge >= 0.3 is 0 Å². The van der Waals surface area contributed by atoms with E-state index in [1.165, 1.54) is 69.8 Å². The molecule has 2 saturated carbocycles. The van der Waals surface area contributed by atoms with Crippen LogP contribution in [0, 0.1) is 46.3 Å².